The summed E-state index contributed by atoms with van der Waals surface area (Å²) in [6.45, 7) is 3.67. The Hall–Kier alpha value is -1.88. The molecule has 0 bridgehead atoms. The molecule has 114 valence electrons. The lowest BCUT2D eigenvalue weighted by molar-refractivity contribution is -0.120. The third-order valence-electron chi connectivity index (χ3n) is 3.85. The van der Waals surface area contributed by atoms with E-state index in [4.69, 9.17) is 0 Å². The van der Waals surface area contributed by atoms with Crippen molar-refractivity contribution in [2.24, 2.45) is 5.92 Å². The Balaban J connectivity index is 2.11. The van der Waals surface area contributed by atoms with Gasteiger partial charge >= 0.3 is 0 Å². The lowest BCUT2D eigenvalue weighted by atomic mass is 9.97. The maximum Gasteiger partial charge on any atom is 0.253 e. The first-order chi connectivity index (χ1) is 9.99. The second kappa shape index (κ2) is 6.72. The molecular formula is C16H23N3O2. The van der Waals surface area contributed by atoms with E-state index >= 15 is 0 Å². The maximum atomic E-state index is 12.2. The first-order valence-corrected chi connectivity index (χ1v) is 7.33. The van der Waals surface area contributed by atoms with Crippen molar-refractivity contribution < 1.29 is 9.59 Å². The average molecular weight is 289 g/mol. The van der Waals surface area contributed by atoms with Crippen LogP contribution < -0.4 is 10.6 Å². The Bertz CT molecular complexity index is 534. The molecular weight excluding hydrogens is 266 g/mol. The van der Waals surface area contributed by atoms with Crippen molar-refractivity contribution in [3.8, 4) is 0 Å². The topological polar surface area (TPSA) is 61.4 Å². The maximum absolute atomic E-state index is 12.2. The van der Waals surface area contributed by atoms with Crippen LogP contribution in [0, 0.1) is 12.8 Å². The van der Waals surface area contributed by atoms with Crippen LogP contribution in [-0.2, 0) is 4.79 Å². The fraction of sp³-hybridized carbons (Fsp3) is 0.500. The summed E-state index contributed by atoms with van der Waals surface area (Å²) in [5, 5.41) is 6.18. The number of anilines is 1. The van der Waals surface area contributed by atoms with Gasteiger partial charge in [0.15, 0.2) is 0 Å². The minimum atomic E-state index is -0.0505. The molecule has 5 heteroatoms. The molecule has 1 aliphatic rings. The molecule has 0 aliphatic carbocycles. The van der Waals surface area contributed by atoms with Crippen molar-refractivity contribution in [1.82, 2.24) is 10.2 Å². The van der Waals surface area contributed by atoms with Crippen LogP contribution >= 0.6 is 0 Å². The van der Waals surface area contributed by atoms with E-state index in [1.165, 1.54) is 0 Å². The molecule has 0 spiro atoms. The van der Waals surface area contributed by atoms with Crippen LogP contribution in [-0.4, -0.2) is 43.9 Å². The van der Waals surface area contributed by atoms with Crippen molar-refractivity contribution >= 4 is 17.5 Å². The minimum Gasteiger partial charge on any atom is -0.345 e. The molecule has 0 saturated carbocycles. The van der Waals surface area contributed by atoms with Crippen LogP contribution in [0.1, 0.15) is 28.8 Å². The summed E-state index contributed by atoms with van der Waals surface area (Å²) in [6.07, 6.45) is 1.72. The third-order valence-corrected chi connectivity index (χ3v) is 3.85. The number of carbonyl (C=O) groups is 2. The average Bonchev–Trinajstić information content (AvgIpc) is 2.49. The lowest BCUT2D eigenvalue weighted by Gasteiger charge is -2.22. The Morgan fingerprint density at radius 1 is 1.24 bits per heavy atom. The summed E-state index contributed by atoms with van der Waals surface area (Å²) in [4.78, 5) is 25.9. The summed E-state index contributed by atoms with van der Waals surface area (Å²) in [6, 6.07) is 5.48. The fourth-order valence-corrected chi connectivity index (χ4v) is 2.50. The van der Waals surface area contributed by atoms with Crippen LogP contribution in [0.5, 0.6) is 0 Å². The van der Waals surface area contributed by atoms with E-state index in [9.17, 15) is 9.59 Å². The van der Waals surface area contributed by atoms with E-state index in [2.05, 4.69) is 10.6 Å². The molecule has 2 rings (SSSR count). The van der Waals surface area contributed by atoms with Gasteiger partial charge in [-0.1, -0.05) is 6.07 Å². The SMILES string of the molecule is Cc1ccc(NC(=O)C2CCNCC2)cc1C(=O)N(C)C. The van der Waals surface area contributed by atoms with Gasteiger partial charge in [0.2, 0.25) is 5.91 Å². The molecule has 0 radical (unpaired) electrons. The molecule has 0 unspecified atom stereocenters. The van der Waals surface area contributed by atoms with Gasteiger partial charge in [0.25, 0.3) is 5.91 Å². The van der Waals surface area contributed by atoms with Crippen LogP contribution in [0.25, 0.3) is 0 Å². The largest absolute Gasteiger partial charge is 0.345 e. The van der Waals surface area contributed by atoms with Gasteiger partial charge in [0.1, 0.15) is 0 Å². The van der Waals surface area contributed by atoms with Crippen molar-refractivity contribution in [3.63, 3.8) is 0 Å². The molecule has 1 aliphatic heterocycles. The molecule has 0 aromatic heterocycles. The summed E-state index contributed by atoms with van der Waals surface area (Å²) < 4.78 is 0. The third kappa shape index (κ3) is 3.82. The number of benzene rings is 1. The van der Waals surface area contributed by atoms with E-state index < -0.39 is 0 Å². The van der Waals surface area contributed by atoms with Crippen molar-refractivity contribution in [2.45, 2.75) is 19.8 Å². The van der Waals surface area contributed by atoms with E-state index in [1.807, 2.05) is 19.1 Å². The summed E-state index contributed by atoms with van der Waals surface area (Å²) in [7, 11) is 3.45. The summed E-state index contributed by atoms with van der Waals surface area (Å²) in [5.74, 6) is 0.0506. The molecule has 1 aromatic rings. The highest BCUT2D eigenvalue weighted by atomic mass is 16.2. The highest BCUT2D eigenvalue weighted by molar-refractivity contribution is 5.98. The van der Waals surface area contributed by atoms with Gasteiger partial charge in [-0.3, -0.25) is 9.59 Å². The van der Waals surface area contributed by atoms with Gasteiger partial charge in [0.05, 0.1) is 0 Å². The Kier molecular flexibility index (Phi) is 4.96. The van der Waals surface area contributed by atoms with Gasteiger partial charge in [-0.05, 0) is 50.6 Å². The monoisotopic (exact) mass is 289 g/mol. The predicted molar refractivity (Wildman–Crippen MR) is 83.4 cm³/mol. The van der Waals surface area contributed by atoms with Gasteiger partial charge in [-0.2, -0.15) is 0 Å². The zero-order chi connectivity index (χ0) is 15.4. The molecule has 5 nitrogen and oxygen atoms in total. The zero-order valence-electron chi connectivity index (χ0n) is 12.9. The quantitative estimate of drug-likeness (QED) is 0.889. The number of nitrogens with zero attached hydrogens (tertiary/aromatic N) is 1. The highest BCUT2D eigenvalue weighted by Crippen LogP contribution is 2.19. The Morgan fingerprint density at radius 2 is 1.90 bits per heavy atom. The second-order valence-corrected chi connectivity index (χ2v) is 5.74. The number of nitrogens with one attached hydrogen (secondary N) is 2. The molecule has 2 amide bonds. The smallest absolute Gasteiger partial charge is 0.253 e. The van der Waals surface area contributed by atoms with Gasteiger partial charge in [0, 0.05) is 31.3 Å². The van der Waals surface area contributed by atoms with Crippen LogP contribution in [0.3, 0.4) is 0 Å². The van der Waals surface area contributed by atoms with Crippen molar-refractivity contribution in [2.75, 3.05) is 32.5 Å². The van der Waals surface area contributed by atoms with Crippen LogP contribution in [0.2, 0.25) is 0 Å². The Labute approximate surface area is 125 Å². The summed E-state index contributed by atoms with van der Waals surface area (Å²) in [5.41, 5.74) is 2.23. The lowest BCUT2D eigenvalue weighted by Crippen LogP contribution is -2.34. The van der Waals surface area contributed by atoms with E-state index in [-0.39, 0.29) is 17.7 Å². The number of hydrogen-bond acceptors (Lipinski definition) is 3. The molecule has 21 heavy (non-hydrogen) atoms. The van der Waals surface area contributed by atoms with Crippen molar-refractivity contribution in [3.05, 3.63) is 29.3 Å². The van der Waals surface area contributed by atoms with Crippen LogP contribution in [0.15, 0.2) is 18.2 Å². The molecule has 1 saturated heterocycles. The van der Waals surface area contributed by atoms with Crippen molar-refractivity contribution in [1.29, 1.82) is 0 Å². The van der Waals surface area contributed by atoms with E-state index in [0.29, 0.717) is 11.3 Å². The normalized spacial score (nSPS) is 15.6. The summed E-state index contributed by atoms with van der Waals surface area (Å²) >= 11 is 0. The molecule has 0 atom stereocenters. The Morgan fingerprint density at radius 3 is 2.52 bits per heavy atom. The van der Waals surface area contributed by atoms with Gasteiger partial charge in [-0.25, -0.2) is 0 Å². The van der Waals surface area contributed by atoms with Gasteiger partial charge in [-0.15, -0.1) is 0 Å². The second-order valence-electron chi connectivity index (χ2n) is 5.74. The number of rotatable bonds is 3. The predicted octanol–water partition coefficient (Wildman–Crippen LogP) is 1.63. The molecule has 1 fully saturated rings. The fourth-order valence-electron chi connectivity index (χ4n) is 2.50. The number of piperidine rings is 1. The number of hydrogen-bond donors (Lipinski definition) is 2. The highest BCUT2D eigenvalue weighted by Gasteiger charge is 2.21. The van der Waals surface area contributed by atoms with E-state index in [1.54, 1.807) is 25.1 Å². The zero-order valence-corrected chi connectivity index (χ0v) is 12.9. The number of aryl methyl sites for hydroxylation is 1. The first kappa shape index (κ1) is 15.5. The number of amides is 2. The standard InChI is InChI=1S/C16H23N3O2/c1-11-4-5-13(10-14(11)16(21)19(2)3)18-15(20)12-6-8-17-9-7-12/h4-5,10,12,17H,6-9H2,1-3H3,(H,18,20). The van der Waals surface area contributed by atoms with Gasteiger partial charge < -0.3 is 15.5 Å². The van der Waals surface area contributed by atoms with E-state index in [0.717, 1.165) is 31.5 Å². The minimum absolute atomic E-state index is 0.0450. The molecule has 1 heterocycles. The first-order valence-electron chi connectivity index (χ1n) is 7.33. The molecule has 2 N–H and O–H groups in total. The number of carbonyl (C=O) groups excluding carboxylic acids is 2. The molecule has 1 aromatic carbocycles. The van der Waals surface area contributed by atoms with Crippen LogP contribution in [0.4, 0.5) is 5.69 Å².